The number of aryl methyl sites for hydroxylation is 1. The SMILES string of the molecule is Cc1coc(Sc2ccc(F)cc2C#N)n1. The molecule has 0 N–H and O–H groups in total. The van der Waals surface area contributed by atoms with Crippen LogP contribution in [0.2, 0.25) is 0 Å². The zero-order chi connectivity index (χ0) is 11.5. The van der Waals surface area contributed by atoms with Crippen molar-refractivity contribution < 1.29 is 8.81 Å². The zero-order valence-electron chi connectivity index (χ0n) is 8.40. The van der Waals surface area contributed by atoms with Crippen molar-refractivity contribution in [2.24, 2.45) is 0 Å². The van der Waals surface area contributed by atoms with E-state index in [1.54, 1.807) is 0 Å². The largest absolute Gasteiger partial charge is 0.439 e. The van der Waals surface area contributed by atoms with E-state index >= 15 is 0 Å². The van der Waals surface area contributed by atoms with Crippen molar-refractivity contribution in [3.05, 3.63) is 41.5 Å². The molecule has 1 heterocycles. The van der Waals surface area contributed by atoms with E-state index in [1.165, 1.54) is 36.2 Å². The van der Waals surface area contributed by atoms with Crippen molar-refractivity contribution in [2.45, 2.75) is 17.0 Å². The highest BCUT2D eigenvalue weighted by Crippen LogP contribution is 2.29. The second-order valence-electron chi connectivity index (χ2n) is 3.11. The second-order valence-corrected chi connectivity index (χ2v) is 4.10. The quantitative estimate of drug-likeness (QED) is 0.800. The third kappa shape index (κ3) is 2.23. The molecular weight excluding hydrogens is 227 g/mol. The molecule has 0 bridgehead atoms. The summed E-state index contributed by atoms with van der Waals surface area (Å²) < 4.78 is 18.0. The van der Waals surface area contributed by atoms with Gasteiger partial charge in [-0.3, -0.25) is 0 Å². The van der Waals surface area contributed by atoms with Crippen LogP contribution in [0.1, 0.15) is 11.3 Å². The van der Waals surface area contributed by atoms with Crippen molar-refractivity contribution in [3.8, 4) is 6.07 Å². The highest BCUT2D eigenvalue weighted by molar-refractivity contribution is 7.99. The Hall–Kier alpha value is -1.80. The monoisotopic (exact) mass is 234 g/mol. The normalized spacial score (nSPS) is 10.1. The number of nitriles is 1. The first-order chi connectivity index (χ1) is 7.69. The van der Waals surface area contributed by atoms with Gasteiger partial charge in [0, 0.05) is 4.90 Å². The van der Waals surface area contributed by atoms with Gasteiger partial charge in [-0.25, -0.2) is 9.37 Å². The number of halogens is 1. The van der Waals surface area contributed by atoms with Gasteiger partial charge in [0.2, 0.25) is 0 Å². The van der Waals surface area contributed by atoms with Crippen LogP contribution in [0.3, 0.4) is 0 Å². The molecule has 0 saturated heterocycles. The molecular formula is C11H7FN2OS. The molecule has 1 aromatic carbocycles. The maximum atomic E-state index is 12.9. The minimum atomic E-state index is -0.426. The fraction of sp³-hybridized carbons (Fsp3) is 0.0909. The van der Waals surface area contributed by atoms with Crippen LogP contribution in [-0.4, -0.2) is 4.98 Å². The molecule has 0 aliphatic heterocycles. The number of hydrogen-bond donors (Lipinski definition) is 0. The van der Waals surface area contributed by atoms with E-state index in [9.17, 15) is 4.39 Å². The molecule has 0 atom stereocenters. The molecule has 3 nitrogen and oxygen atoms in total. The predicted molar refractivity (Wildman–Crippen MR) is 56.5 cm³/mol. The van der Waals surface area contributed by atoms with Crippen LogP contribution in [-0.2, 0) is 0 Å². The summed E-state index contributed by atoms with van der Waals surface area (Å²) in [5.74, 6) is -0.426. The number of rotatable bonds is 2. The molecule has 0 aliphatic rings. The van der Waals surface area contributed by atoms with E-state index in [1.807, 2.05) is 13.0 Å². The molecule has 0 radical (unpaired) electrons. The zero-order valence-corrected chi connectivity index (χ0v) is 9.21. The first-order valence-corrected chi connectivity index (χ1v) is 5.30. The lowest BCUT2D eigenvalue weighted by atomic mass is 10.2. The Kier molecular flexibility index (Phi) is 2.93. The van der Waals surface area contributed by atoms with Crippen LogP contribution < -0.4 is 0 Å². The lowest BCUT2D eigenvalue weighted by Crippen LogP contribution is -1.84. The first kappa shape index (κ1) is 10.7. The summed E-state index contributed by atoms with van der Waals surface area (Å²) in [7, 11) is 0. The van der Waals surface area contributed by atoms with Gasteiger partial charge >= 0.3 is 0 Å². The van der Waals surface area contributed by atoms with Crippen LogP contribution in [0.5, 0.6) is 0 Å². The average molecular weight is 234 g/mol. The van der Waals surface area contributed by atoms with Crippen LogP contribution in [0.15, 0.2) is 39.0 Å². The Morgan fingerprint density at radius 2 is 2.31 bits per heavy atom. The molecule has 0 unspecified atom stereocenters. The standard InChI is InChI=1S/C11H7FN2OS/c1-7-6-15-11(14-7)16-10-3-2-9(12)4-8(10)5-13/h2-4,6H,1H3. The molecule has 2 aromatic rings. The molecule has 2 rings (SSSR count). The highest BCUT2D eigenvalue weighted by Gasteiger charge is 2.09. The summed E-state index contributed by atoms with van der Waals surface area (Å²) >= 11 is 1.20. The number of benzene rings is 1. The maximum Gasteiger partial charge on any atom is 0.260 e. The Morgan fingerprint density at radius 1 is 1.50 bits per heavy atom. The van der Waals surface area contributed by atoms with Crippen molar-refractivity contribution in [1.29, 1.82) is 5.26 Å². The Morgan fingerprint density at radius 3 is 2.94 bits per heavy atom. The van der Waals surface area contributed by atoms with Gasteiger partial charge < -0.3 is 4.42 Å². The Balaban J connectivity index is 2.31. The number of nitrogens with zero attached hydrogens (tertiary/aromatic N) is 2. The molecule has 5 heteroatoms. The number of aromatic nitrogens is 1. The molecule has 0 spiro atoms. The topological polar surface area (TPSA) is 49.8 Å². The van der Waals surface area contributed by atoms with E-state index in [4.69, 9.17) is 9.68 Å². The molecule has 0 saturated carbocycles. The van der Waals surface area contributed by atoms with E-state index in [-0.39, 0.29) is 5.56 Å². The smallest absolute Gasteiger partial charge is 0.260 e. The van der Waals surface area contributed by atoms with E-state index in [0.717, 1.165) is 5.69 Å². The van der Waals surface area contributed by atoms with Crippen LogP contribution in [0.25, 0.3) is 0 Å². The van der Waals surface area contributed by atoms with Gasteiger partial charge in [-0.05, 0) is 36.9 Å². The van der Waals surface area contributed by atoms with Gasteiger partial charge in [-0.2, -0.15) is 5.26 Å². The fourth-order valence-electron chi connectivity index (χ4n) is 1.15. The third-order valence-corrected chi connectivity index (χ3v) is 2.80. The van der Waals surface area contributed by atoms with Crippen molar-refractivity contribution >= 4 is 11.8 Å². The second kappa shape index (κ2) is 4.37. The molecule has 0 fully saturated rings. The number of hydrogen-bond acceptors (Lipinski definition) is 4. The maximum absolute atomic E-state index is 12.9. The van der Waals surface area contributed by atoms with Gasteiger partial charge in [0.15, 0.2) is 0 Å². The Labute approximate surface area is 95.9 Å². The summed E-state index contributed by atoms with van der Waals surface area (Å²) in [5, 5.41) is 9.29. The highest BCUT2D eigenvalue weighted by atomic mass is 32.2. The summed E-state index contributed by atoms with van der Waals surface area (Å²) in [6, 6.07) is 5.97. The van der Waals surface area contributed by atoms with Gasteiger partial charge in [0.05, 0.1) is 11.3 Å². The van der Waals surface area contributed by atoms with Gasteiger partial charge in [-0.1, -0.05) is 0 Å². The minimum absolute atomic E-state index is 0.279. The lowest BCUT2D eigenvalue weighted by molar-refractivity contribution is 0.454. The van der Waals surface area contributed by atoms with Crippen molar-refractivity contribution in [2.75, 3.05) is 0 Å². The van der Waals surface area contributed by atoms with Crippen molar-refractivity contribution in [1.82, 2.24) is 4.98 Å². The fourth-order valence-corrected chi connectivity index (χ4v) is 1.98. The molecule has 80 valence electrons. The predicted octanol–water partition coefficient (Wildman–Crippen LogP) is 3.15. The van der Waals surface area contributed by atoms with Gasteiger partial charge in [0.25, 0.3) is 5.22 Å². The van der Waals surface area contributed by atoms with Crippen LogP contribution >= 0.6 is 11.8 Å². The number of oxazole rings is 1. The van der Waals surface area contributed by atoms with E-state index in [2.05, 4.69) is 4.98 Å². The summed E-state index contributed by atoms with van der Waals surface area (Å²) in [6.07, 6.45) is 1.53. The van der Waals surface area contributed by atoms with Crippen LogP contribution in [0, 0.1) is 24.1 Å². The summed E-state index contributed by atoms with van der Waals surface area (Å²) in [5.41, 5.74) is 1.05. The summed E-state index contributed by atoms with van der Waals surface area (Å²) in [4.78, 5) is 4.73. The third-order valence-electron chi connectivity index (χ3n) is 1.86. The van der Waals surface area contributed by atoms with Crippen LogP contribution in [0.4, 0.5) is 4.39 Å². The van der Waals surface area contributed by atoms with Gasteiger partial charge in [0.1, 0.15) is 18.1 Å². The molecule has 1 aromatic heterocycles. The first-order valence-electron chi connectivity index (χ1n) is 4.48. The molecule has 0 amide bonds. The molecule has 0 aliphatic carbocycles. The van der Waals surface area contributed by atoms with E-state index < -0.39 is 5.82 Å². The average Bonchev–Trinajstić information content (AvgIpc) is 2.67. The Bertz CT molecular complexity index is 559. The summed E-state index contributed by atoms with van der Waals surface area (Å²) in [6.45, 7) is 1.81. The lowest BCUT2D eigenvalue weighted by Gasteiger charge is -1.99. The minimum Gasteiger partial charge on any atom is -0.439 e. The molecule has 16 heavy (non-hydrogen) atoms. The van der Waals surface area contributed by atoms with Gasteiger partial charge in [-0.15, -0.1) is 0 Å². The van der Waals surface area contributed by atoms with Crippen molar-refractivity contribution in [3.63, 3.8) is 0 Å². The van der Waals surface area contributed by atoms with E-state index in [0.29, 0.717) is 10.1 Å².